The molecule has 0 spiro atoms. The lowest BCUT2D eigenvalue weighted by Gasteiger charge is -2.56. The summed E-state index contributed by atoms with van der Waals surface area (Å²) in [6.07, 6.45) is 7.06. The second kappa shape index (κ2) is 8.11. The van der Waals surface area contributed by atoms with E-state index in [0.717, 1.165) is 37.0 Å². The number of para-hydroxylation sites is 1. The highest BCUT2D eigenvalue weighted by molar-refractivity contribution is 6.32. The lowest BCUT2D eigenvalue weighted by Crippen LogP contribution is -2.62. The average Bonchev–Trinajstić information content (AvgIpc) is 3.19. The molecule has 6 rings (SSSR count). The second-order valence-corrected chi connectivity index (χ2v) is 9.62. The molecule has 4 saturated carbocycles. The van der Waals surface area contributed by atoms with Crippen LogP contribution in [0, 0.1) is 17.8 Å². The normalized spacial score (nSPS) is 28.2. The number of hydrogen-bond acceptors (Lipinski definition) is 4. The first-order valence-corrected chi connectivity index (χ1v) is 11.2. The first-order chi connectivity index (χ1) is 15.0. The van der Waals surface area contributed by atoms with Crippen molar-refractivity contribution < 1.29 is 18.7 Å². The predicted octanol–water partition coefficient (Wildman–Crippen LogP) is 4.42. The summed E-state index contributed by atoms with van der Waals surface area (Å²) in [5.41, 5.74) is 4.78. The van der Waals surface area contributed by atoms with Gasteiger partial charge in [-0.2, -0.15) is 0 Å². The number of amides is 3. The van der Waals surface area contributed by atoms with Gasteiger partial charge in [0, 0.05) is 5.54 Å². The van der Waals surface area contributed by atoms with E-state index in [-0.39, 0.29) is 23.9 Å². The van der Waals surface area contributed by atoms with E-state index in [1.54, 1.807) is 24.3 Å². The molecule has 164 valence electrons. The number of urea groups is 1. The van der Waals surface area contributed by atoms with Gasteiger partial charge in [-0.05, 0) is 80.5 Å². The molecule has 7 nitrogen and oxygen atoms in total. The van der Waals surface area contributed by atoms with Crippen LogP contribution in [0.3, 0.4) is 0 Å². The first kappa shape index (κ1) is 20.2. The van der Waals surface area contributed by atoms with Gasteiger partial charge in [0.25, 0.3) is 0 Å². The van der Waals surface area contributed by atoms with Gasteiger partial charge in [-0.15, -0.1) is 0 Å². The van der Waals surface area contributed by atoms with Crippen LogP contribution < -0.4 is 20.9 Å². The fourth-order valence-electron chi connectivity index (χ4n) is 6.00. The van der Waals surface area contributed by atoms with Crippen LogP contribution in [0.2, 0.25) is 5.02 Å². The number of ether oxygens (including phenoxy) is 1. The van der Waals surface area contributed by atoms with Crippen LogP contribution in [0.4, 0.5) is 4.79 Å². The number of benzene rings is 1. The molecule has 0 atom stereocenters. The molecule has 2 aromatic rings. The Kier molecular flexibility index (Phi) is 5.30. The zero-order valence-corrected chi connectivity index (χ0v) is 17.9. The van der Waals surface area contributed by atoms with Crippen molar-refractivity contribution in [2.75, 3.05) is 0 Å². The molecular formula is C23H26ClN3O4. The Hall–Kier alpha value is -2.67. The SMILES string of the molecule is O=C(NNC(=O)c1ccc(COc2ccccc2Cl)o1)NC12CC3CC(CC(C3)C1)C2. The predicted molar refractivity (Wildman–Crippen MR) is 115 cm³/mol. The van der Waals surface area contributed by atoms with Gasteiger partial charge in [-0.3, -0.25) is 10.2 Å². The van der Waals surface area contributed by atoms with Crippen LogP contribution in [0.25, 0.3) is 0 Å². The Balaban J connectivity index is 1.11. The van der Waals surface area contributed by atoms with Gasteiger partial charge in [-0.25, -0.2) is 10.2 Å². The van der Waals surface area contributed by atoms with E-state index in [4.69, 9.17) is 20.8 Å². The molecule has 0 radical (unpaired) electrons. The molecule has 8 heteroatoms. The molecule has 0 saturated heterocycles. The number of carbonyl (C=O) groups is 2. The Morgan fingerprint density at radius 1 is 1.00 bits per heavy atom. The minimum atomic E-state index is -0.523. The fraction of sp³-hybridized carbons (Fsp3) is 0.478. The topological polar surface area (TPSA) is 92.6 Å². The summed E-state index contributed by atoms with van der Waals surface area (Å²) in [5.74, 6) is 2.78. The number of hydrogen-bond donors (Lipinski definition) is 3. The maximum atomic E-state index is 12.5. The number of furan rings is 1. The van der Waals surface area contributed by atoms with E-state index in [9.17, 15) is 9.59 Å². The highest BCUT2D eigenvalue weighted by atomic mass is 35.5. The Bertz CT molecular complexity index is 953. The van der Waals surface area contributed by atoms with Crippen molar-refractivity contribution in [3.05, 3.63) is 52.9 Å². The van der Waals surface area contributed by atoms with Gasteiger partial charge in [0.2, 0.25) is 0 Å². The van der Waals surface area contributed by atoms with Crippen LogP contribution in [-0.2, 0) is 6.61 Å². The largest absolute Gasteiger partial charge is 0.484 e. The number of nitrogens with one attached hydrogen (secondary N) is 3. The van der Waals surface area contributed by atoms with Crippen molar-refractivity contribution in [3.63, 3.8) is 0 Å². The van der Waals surface area contributed by atoms with Gasteiger partial charge >= 0.3 is 11.9 Å². The molecule has 31 heavy (non-hydrogen) atoms. The minimum absolute atomic E-state index is 0.0906. The summed E-state index contributed by atoms with van der Waals surface area (Å²) in [4.78, 5) is 24.8. The standard InChI is InChI=1S/C23H26ClN3O4/c24-18-3-1-2-4-19(18)30-13-17-5-6-20(31-17)21(28)26-27-22(29)25-23-10-14-7-15(11-23)9-16(8-14)12-23/h1-6,14-16H,7-13H2,(H,26,28)(H2,25,27,29). The van der Waals surface area contributed by atoms with Crippen LogP contribution >= 0.6 is 11.6 Å². The average molecular weight is 444 g/mol. The van der Waals surface area contributed by atoms with Crippen LogP contribution in [-0.4, -0.2) is 17.5 Å². The third-order valence-electron chi connectivity index (χ3n) is 6.80. The molecule has 3 N–H and O–H groups in total. The zero-order valence-electron chi connectivity index (χ0n) is 17.2. The van der Waals surface area contributed by atoms with E-state index in [2.05, 4.69) is 16.2 Å². The highest BCUT2D eigenvalue weighted by Crippen LogP contribution is 2.55. The summed E-state index contributed by atoms with van der Waals surface area (Å²) < 4.78 is 11.1. The summed E-state index contributed by atoms with van der Waals surface area (Å²) in [7, 11) is 0. The van der Waals surface area contributed by atoms with E-state index >= 15 is 0 Å². The Morgan fingerprint density at radius 2 is 1.68 bits per heavy atom. The third kappa shape index (κ3) is 4.37. The summed E-state index contributed by atoms with van der Waals surface area (Å²) >= 11 is 6.06. The van der Waals surface area contributed by atoms with Crippen molar-refractivity contribution in [1.29, 1.82) is 0 Å². The molecular weight excluding hydrogens is 418 g/mol. The van der Waals surface area contributed by atoms with Gasteiger partial charge in [-0.1, -0.05) is 23.7 Å². The third-order valence-corrected chi connectivity index (χ3v) is 7.11. The first-order valence-electron chi connectivity index (χ1n) is 10.8. The van der Waals surface area contributed by atoms with Crippen molar-refractivity contribution in [3.8, 4) is 5.75 Å². The molecule has 4 fully saturated rings. The quantitative estimate of drug-likeness (QED) is 0.596. The molecule has 3 amide bonds. The van der Waals surface area contributed by atoms with Crippen molar-refractivity contribution in [2.45, 2.75) is 50.7 Å². The van der Waals surface area contributed by atoms with Gasteiger partial charge in [0.1, 0.15) is 18.1 Å². The van der Waals surface area contributed by atoms with Crippen LogP contribution in [0.1, 0.15) is 54.8 Å². The minimum Gasteiger partial charge on any atom is -0.484 e. The molecule has 4 aliphatic rings. The summed E-state index contributed by atoms with van der Waals surface area (Å²) in [6, 6.07) is 9.95. The van der Waals surface area contributed by atoms with Gasteiger partial charge < -0.3 is 14.5 Å². The van der Waals surface area contributed by atoms with Crippen molar-refractivity contribution in [1.82, 2.24) is 16.2 Å². The van der Waals surface area contributed by atoms with Crippen LogP contribution in [0.5, 0.6) is 5.75 Å². The molecule has 1 aromatic carbocycles. The van der Waals surface area contributed by atoms with E-state index in [1.807, 2.05) is 12.1 Å². The fourth-order valence-corrected chi connectivity index (χ4v) is 6.19. The second-order valence-electron chi connectivity index (χ2n) is 9.22. The van der Waals surface area contributed by atoms with Gasteiger partial charge in [0.05, 0.1) is 5.02 Å². The summed E-state index contributed by atoms with van der Waals surface area (Å²) in [5, 5.41) is 3.65. The molecule has 4 bridgehead atoms. The smallest absolute Gasteiger partial charge is 0.333 e. The number of hydrazine groups is 1. The zero-order chi connectivity index (χ0) is 21.4. The lowest BCUT2D eigenvalue weighted by molar-refractivity contribution is -0.0137. The van der Waals surface area contributed by atoms with Crippen molar-refractivity contribution in [2.24, 2.45) is 17.8 Å². The number of carbonyl (C=O) groups excluding carboxylic acids is 2. The monoisotopic (exact) mass is 443 g/mol. The maximum absolute atomic E-state index is 12.5. The van der Waals surface area contributed by atoms with Crippen LogP contribution in [0.15, 0.2) is 40.8 Å². The molecule has 1 heterocycles. The van der Waals surface area contributed by atoms with E-state index in [1.165, 1.54) is 19.3 Å². The Morgan fingerprint density at radius 3 is 2.35 bits per heavy atom. The lowest BCUT2D eigenvalue weighted by atomic mass is 9.53. The maximum Gasteiger partial charge on any atom is 0.333 e. The van der Waals surface area contributed by atoms with Gasteiger partial charge in [0.15, 0.2) is 5.76 Å². The Labute approximate surface area is 185 Å². The molecule has 4 aliphatic carbocycles. The summed E-state index contributed by atoms with van der Waals surface area (Å²) in [6.45, 7) is 0.136. The molecule has 1 aromatic heterocycles. The molecule has 0 aliphatic heterocycles. The van der Waals surface area contributed by atoms with Crippen molar-refractivity contribution >= 4 is 23.5 Å². The highest BCUT2D eigenvalue weighted by Gasteiger charge is 2.51. The molecule has 0 unspecified atom stereocenters. The van der Waals surface area contributed by atoms with E-state index < -0.39 is 5.91 Å². The van der Waals surface area contributed by atoms with E-state index in [0.29, 0.717) is 16.5 Å². The number of rotatable bonds is 5. The number of halogens is 1.